The Bertz CT molecular complexity index is 585. The minimum Gasteiger partial charge on any atom is -0.493 e. The zero-order chi connectivity index (χ0) is 18.3. The van der Waals surface area contributed by atoms with E-state index in [4.69, 9.17) is 9.47 Å². The Hall–Kier alpha value is -2.24. The number of nitrogens with one attached hydrogen (secondary N) is 1. The first-order valence-corrected chi connectivity index (χ1v) is 8.10. The smallest absolute Gasteiger partial charge is 0.329 e. The van der Waals surface area contributed by atoms with Crippen LogP contribution in [0.4, 0.5) is 0 Å². The number of carbonyl (C=O) groups is 2. The summed E-state index contributed by atoms with van der Waals surface area (Å²) < 4.78 is 11.0. The molecule has 0 radical (unpaired) electrons. The van der Waals surface area contributed by atoms with Crippen LogP contribution >= 0.6 is 0 Å². The average Bonchev–Trinajstić information content (AvgIpc) is 2.54. The van der Waals surface area contributed by atoms with Crippen molar-refractivity contribution < 1.29 is 24.2 Å². The van der Waals surface area contributed by atoms with E-state index < -0.39 is 17.4 Å². The van der Waals surface area contributed by atoms with Gasteiger partial charge in [0, 0.05) is 5.56 Å². The molecule has 24 heavy (non-hydrogen) atoms. The SMILES string of the molecule is CCC(C)(NC(=O)c1ccc(OCCC(C)C)c(OC)c1)C(=O)O. The van der Waals surface area contributed by atoms with Crippen LogP contribution in [0.3, 0.4) is 0 Å². The summed E-state index contributed by atoms with van der Waals surface area (Å²) in [5, 5.41) is 11.8. The van der Waals surface area contributed by atoms with Gasteiger partial charge in [-0.2, -0.15) is 0 Å². The summed E-state index contributed by atoms with van der Waals surface area (Å²) >= 11 is 0. The molecule has 1 aromatic rings. The van der Waals surface area contributed by atoms with Gasteiger partial charge in [-0.15, -0.1) is 0 Å². The van der Waals surface area contributed by atoms with Gasteiger partial charge in [0.2, 0.25) is 0 Å². The van der Waals surface area contributed by atoms with Gasteiger partial charge in [-0.3, -0.25) is 4.79 Å². The Labute approximate surface area is 143 Å². The lowest BCUT2D eigenvalue weighted by atomic mass is 9.98. The van der Waals surface area contributed by atoms with E-state index in [9.17, 15) is 14.7 Å². The van der Waals surface area contributed by atoms with E-state index in [1.165, 1.54) is 14.0 Å². The van der Waals surface area contributed by atoms with E-state index in [1.54, 1.807) is 25.1 Å². The Balaban J connectivity index is 2.90. The van der Waals surface area contributed by atoms with Crippen molar-refractivity contribution in [2.45, 2.75) is 46.1 Å². The Morgan fingerprint density at radius 1 is 1.29 bits per heavy atom. The number of amides is 1. The first-order chi connectivity index (χ1) is 11.2. The fourth-order valence-electron chi connectivity index (χ4n) is 1.95. The van der Waals surface area contributed by atoms with Crippen molar-refractivity contribution in [3.63, 3.8) is 0 Å². The van der Waals surface area contributed by atoms with Crippen molar-refractivity contribution in [3.8, 4) is 11.5 Å². The third kappa shape index (κ3) is 5.15. The molecule has 0 heterocycles. The molecule has 1 amide bonds. The van der Waals surface area contributed by atoms with Crippen molar-refractivity contribution in [2.24, 2.45) is 5.92 Å². The second-order valence-corrected chi connectivity index (χ2v) is 6.34. The average molecular weight is 337 g/mol. The first kappa shape index (κ1) is 19.8. The zero-order valence-corrected chi connectivity index (χ0v) is 15.0. The molecule has 0 aromatic heterocycles. The van der Waals surface area contributed by atoms with E-state index in [0.717, 1.165) is 6.42 Å². The van der Waals surface area contributed by atoms with Crippen LogP contribution in [0.25, 0.3) is 0 Å². The van der Waals surface area contributed by atoms with Crippen LogP contribution in [0.15, 0.2) is 18.2 Å². The summed E-state index contributed by atoms with van der Waals surface area (Å²) in [6, 6.07) is 4.82. The highest BCUT2D eigenvalue weighted by molar-refractivity contribution is 5.98. The minimum absolute atomic E-state index is 0.279. The highest BCUT2D eigenvalue weighted by Crippen LogP contribution is 2.28. The summed E-state index contributed by atoms with van der Waals surface area (Å²) in [6.07, 6.45) is 1.19. The van der Waals surface area contributed by atoms with Crippen LogP contribution in [-0.2, 0) is 4.79 Å². The van der Waals surface area contributed by atoms with Crippen molar-refractivity contribution in [1.29, 1.82) is 0 Å². The van der Waals surface area contributed by atoms with E-state index in [2.05, 4.69) is 19.2 Å². The topological polar surface area (TPSA) is 84.9 Å². The van der Waals surface area contributed by atoms with Crippen LogP contribution in [0.2, 0.25) is 0 Å². The number of hydrogen-bond acceptors (Lipinski definition) is 4. The van der Waals surface area contributed by atoms with Crippen LogP contribution in [-0.4, -0.2) is 36.2 Å². The molecule has 0 bridgehead atoms. The second-order valence-electron chi connectivity index (χ2n) is 6.34. The van der Waals surface area contributed by atoms with Crippen LogP contribution in [0.1, 0.15) is 50.9 Å². The number of hydrogen-bond donors (Lipinski definition) is 2. The molecule has 6 heteroatoms. The largest absolute Gasteiger partial charge is 0.493 e. The third-order valence-corrected chi connectivity index (χ3v) is 3.95. The summed E-state index contributed by atoms with van der Waals surface area (Å²) in [4.78, 5) is 23.6. The van der Waals surface area contributed by atoms with Crippen molar-refractivity contribution in [2.75, 3.05) is 13.7 Å². The molecule has 0 fully saturated rings. The lowest BCUT2D eigenvalue weighted by Gasteiger charge is -2.24. The molecule has 0 aliphatic heterocycles. The molecular weight excluding hydrogens is 310 g/mol. The maximum absolute atomic E-state index is 12.3. The number of carboxylic acids is 1. The number of carbonyl (C=O) groups excluding carboxylic acids is 1. The molecule has 1 rings (SSSR count). The van der Waals surface area contributed by atoms with E-state index in [-0.39, 0.29) is 6.42 Å². The molecule has 0 saturated heterocycles. The van der Waals surface area contributed by atoms with Gasteiger partial charge < -0.3 is 19.9 Å². The summed E-state index contributed by atoms with van der Waals surface area (Å²) in [5.41, 5.74) is -0.986. The fraction of sp³-hybridized carbons (Fsp3) is 0.556. The van der Waals surface area contributed by atoms with Crippen molar-refractivity contribution in [3.05, 3.63) is 23.8 Å². The molecule has 6 nitrogen and oxygen atoms in total. The number of carboxylic acid groups (broad SMARTS) is 1. The van der Waals surface area contributed by atoms with E-state index in [0.29, 0.717) is 29.6 Å². The molecule has 2 N–H and O–H groups in total. The Morgan fingerprint density at radius 2 is 1.96 bits per heavy atom. The molecule has 0 aliphatic carbocycles. The van der Waals surface area contributed by atoms with Gasteiger partial charge in [0.15, 0.2) is 11.5 Å². The van der Waals surface area contributed by atoms with Crippen LogP contribution in [0.5, 0.6) is 11.5 Å². The van der Waals surface area contributed by atoms with Crippen molar-refractivity contribution >= 4 is 11.9 Å². The number of rotatable bonds is 9. The molecule has 0 saturated carbocycles. The highest BCUT2D eigenvalue weighted by Gasteiger charge is 2.33. The van der Waals surface area contributed by atoms with Crippen LogP contribution in [0, 0.1) is 5.92 Å². The van der Waals surface area contributed by atoms with Gasteiger partial charge in [-0.25, -0.2) is 4.79 Å². The predicted octanol–water partition coefficient (Wildman–Crippen LogP) is 3.10. The third-order valence-electron chi connectivity index (χ3n) is 3.95. The number of methoxy groups -OCH3 is 1. The van der Waals surface area contributed by atoms with Crippen molar-refractivity contribution in [1.82, 2.24) is 5.32 Å². The molecule has 0 aliphatic rings. The number of aliphatic carboxylic acids is 1. The normalized spacial score (nSPS) is 13.2. The monoisotopic (exact) mass is 337 g/mol. The van der Waals surface area contributed by atoms with Gasteiger partial charge in [-0.05, 0) is 43.9 Å². The zero-order valence-electron chi connectivity index (χ0n) is 15.0. The molecular formula is C18H27NO5. The van der Waals surface area contributed by atoms with Gasteiger partial charge in [0.1, 0.15) is 5.54 Å². The van der Waals surface area contributed by atoms with Gasteiger partial charge in [-0.1, -0.05) is 20.8 Å². The van der Waals surface area contributed by atoms with Gasteiger partial charge in [0.25, 0.3) is 5.91 Å². The van der Waals surface area contributed by atoms with E-state index >= 15 is 0 Å². The quantitative estimate of drug-likeness (QED) is 0.723. The first-order valence-electron chi connectivity index (χ1n) is 8.10. The van der Waals surface area contributed by atoms with Gasteiger partial charge >= 0.3 is 5.97 Å². The summed E-state index contributed by atoms with van der Waals surface area (Å²) in [6.45, 7) is 7.98. The standard InChI is InChI=1S/C18H27NO5/c1-6-18(4,17(21)22)19-16(20)13-7-8-14(15(11-13)23-5)24-10-9-12(2)3/h7-8,11-12H,6,9-10H2,1-5H3,(H,19,20)(H,21,22). The van der Waals surface area contributed by atoms with Crippen LogP contribution < -0.4 is 14.8 Å². The molecule has 0 spiro atoms. The number of benzene rings is 1. The van der Waals surface area contributed by atoms with E-state index in [1.807, 2.05) is 0 Å². The molecule has 1 atom stereocenters. The predicted molar refractivity (Wildman–Crippen MR) is 91.7 cm³/mol. The Morgan fingerprint density at radius 3 is 2.46 bits per heavy atom. The molecule has 1 unspecified atom stereocenters. The lowest BCUT2D eigenvalue weighted by Crippen LogP contribution is -2.51. The number of ether oxygens (including phenoxy) is 2. The lowest BCUT2D eigenvalue weighted by molar-refractivity contribution is -0.143. The summed E-state index contributed by atoms with van der Waals surface area (Å²) in [5.74, 6) is 0.00244. The maximum atomic E-state index is 12.3. The fourth-order valence-corrected chi connectivity index (χ4v) is 1.95. The minimum atomic E-state index is -1.31. The van der Waals surface area contributed by atoms with Gasteiger partial charge in [0.05, 0.1) is 13.7 Å². The second kappa shape index (κ2) is 8.57. The molecule has 1 aromatic carbocycles. The Kier molecular flexibility index (Phi) is 7.07. The summed E-state index contributed by atoms with van der Waals surface area (Å²) in [7, 11) is 1.50. The highest BCUT2D eigenvalue weighted by atomic mass is 16.5. The molecule has 134 valence electrons. The maximum Gasteiger partial charge on any atom is 0.329 e.